The summed E-state index contributed by atoms with van der Waals surface area (Å²) in [5.74, 6) is -1.35. The molecule has 0 amide bonds. The van der Waals surface area contributed by atoms with Crippen LogP contribution in [0.4, 0.5) is 4.39 Å². The van der Waals surface area contributed by atoms with Crippen molar-refractivity contribution in [2.24, 2.45) is 0 Å². The molecule has 9 heteroatoms. The van der Waals surface area contributed by atoms with E-state index in [-0.39, 0.29) is 22.7 Å². The molecule has 0 saturated carbocycles. The van der Waals surface area contributed by atoms with Gasteiger partial charge in [0.25, 0.3) is 0 Å². The Kier molecular flexibility index (Phi) is 6.29. The van der Waals surface area contributed by atoms with Crippen molar-refractivity contribution in [2.75, 3.05) is 7.11 Å². The van der Waals surface area contributed by atoms with Gasteiger partial charge in [0.15, 0.2) is 5.58 Å². The number of rotatable bonds is 7. The standard InChI is InChI=1S/C26H27FN4O4/c1-12-7-6-8-18(27)22(12)15(4)31-24-16-10-21(34-5)17(23(13(2)28)14(3)29)9-19(16)30-20(11-32)25(24)35-26(31)33/h6-10,15,23,28-29,32H,11H2,1-5H3. The van der Waals surface area contributed by atoms with Gasteiger partial charge in [0.2, 0.25) is 0 Å². The van der Waals surface area contributed by atoms with Crippen molar-refractivity contribution in [1.82, 2.24) is 9.55 Å². The molecule has 0 aliphatic carbocycles. The van der Waals surface area contributed by atoms with Crippen molar-refractivity contribution in [3.63, 3.8) is 0 Å². The number of pyridine rings is 1. The number of halogens is 1. The molecule has 0 radical (unpaired) electrons. The van der Waals surface area contributed by atoms with Crippen LogP contribution in [-0.4, -0.2) is 33.2 Å². The summed E-state index contributed by atoms with van der Waals surface area (Å²) < 4.78 is 27.4. The Balaban J connectivity index is 2.13. The van der Waals surface area contributed by atoms with E-state index in [9.17, 15) is 14.3 Å². The van der Waals surface area contributed by atoms with Crippen molar-refractivity contribution in [2.45, 2.75) is 46.3 Å². The first-order valence-corrected chi connectivity index (χ1v) is 11.1. The van der Waals surface area contributed by atoms with Crippen molar-refractivity contribution in [1.29, 1.82) is 10.8 Å². The predicted octanol–water partition coefficient (Wildman–Crippen LogP) is 4.86. The zero-order chi connectivity index (χ0) is 25.6. The monoisotopic (exact) mass is 478 g/mol. The molecule has 4 aromatic rings. The number of hydrogen-bond acceptors (Lipinski definition) is 7. The van der Waals surface area contributed by atoms with Gasteiger partial charge in [-0.3, -0.25) is 4.57 Å². The lowest BCUT2D eigenvalue weighted by atomic mass is 9.89. The highest BCUT2D eigenvalue weighted by Crippen LogP contribution is 2.37. The number of aryl methyl sites for hydroxylation is 1. The topological polar surface area (TPSA) is 125 Å². The zero-order valence-electron chi connectivity index (χ0n) is 20.2. The summed E-state index contributed by atoms with van der Waals surface area (Å²) in [6, 6.07) is 7.41. The van der Waals surface area contributed by atoms with Crippen molar-refractivity contribution in [3.05, 3.63) is 69.1 Å². The molecule has 1 atom stereocenters. The maximum Gasteiger partial charge on any atom is 0.420 e. The highest BCUT2D eigenvalue weighted by molar-refractivity contribution is 6.10. The summed E-state index contributed by atoms with van der Waals surface area (Å²) in [6.07, 6.45) is 0. The Morgan fingerprint density at radius 1 is 1.26 bits per heavy atom. The summed E-state index contributed by atoms with van der Waals surface area (Å²) in [5, 5.41) is 26.9. The van der Waals surface area contributed by atoms with Crippen LogP contribution in [0.1, 0.15) is 55.1 Å². The van der Waals surface area contributed by atoms with E-state index in [1.807, 2.05) is 0 Å². The number of aliphatic hydroxyl groups is 1. The Bertz CT molecular complexity index is 1520. The van der Waals surface area contributed by atoms with E-state index in [2.05, 4.69) is 4.98 Å². The van der Waals surface area contributed by atoms with Crippen LogP contribution >= 0.6 is 0 Å². The molecule has 3 N–H and O–H groups in total. The first-order valence-electron chi connectivity index (χ1n) is 11.1. The van der Waals surface area contributed by atoms with Gasteiger partial charge in [0, 0.05) is 27.9 Å². The van der Waals surface area contributed by atoms with Crippen molar-refractivity contribution in [3.8, 4) is 5.75 Å². The van der Waals surface area contributed by atoms with E-state index in [4.69, 9.17) is 20.0 Å². The molecule has 1 unspecified atom stereocenters. The highest BCUT2D eigenvalue weighted by atomic mass is 19.1. The van der Waals surface area contributed by atoms with E-state index < -0.39 is 30.1 Å². The van der Waals surface area contributed by atoms with Crippen LogP contribution < -0.4 is 10.5 Å². The normalized spacial score (nSPS) is 13.2. The van der Waals surface area contributed by atoms with Crippen LogP contribution in [0.5, 0.6) is 5.75 Å². The Morgan fingerprint density at radius 2 is 1.94 bits per heavy atom. The molecule has 0 aliphatic rings. The second-order valence-electron chi connectivity index (χ2n) is 8.69. The third kappa shape index (κ3) is 3.91. The van der Waals surface area contributed by atoms with Crippen molar-refractivity contribution < 1.29 is 18.7 Å². The molecule has 35 heavy (non-hydrogen) atoms. The number of nitrogens with one attached hydrogen (secondary N) is 2. The fraction of sp³-hybridized carbons (Fsp3) is 0.308. The SMILES string of the molecule is COc1cc2c(cc1C(C(C)=N)C(C)=N)nc(CO)c1oc(=O)n(C(C)c3c(C)cccc3F)c12. The second-order valence-corrected chi connectivity index (χ2v) is 8.69. The van der Waals surface area contributed by atoms with E-state index in [0.717, 1.165) is 0 Å². The average Bonchev–Trinajstić information content (AvgIpc) is 3.14. The van der Waals surface area contributed by atoms with Gasteiger partial charge in [-0.1, -0.05) is 12.1 Å². The molecule has 2 heterocycles. The van der Waals surface area contributed by atoms with Crippen LogP contribution in [-0.2, 0) is 6.61 Å². The fourth-order valence-corrected chi connectivity index (χ4v) is 4.85. The van der Waals surface area contributed by atoms with E-state index >= 15 is 0 Å². The summed E-state index contributed by atoms with van der Waals surface area (Å²) >= 11 is 0. The van der Waals surface area contributed by atoms with Crippen LogP contribution in [0.3, 0.4) is 0 Å². The summed E-state index contributed by atoms with van der Waals surface area (Å²) in [7, 11) is 1.49. The molecule has 2 aromatic heterocycles. The Labute approximate surface area is 201 Å². The number of ether oxygens (including phenoxy) is 1. The Hall–Kier alpha value is -3.85. The summed E-state index contributed by atoms with van der Waals surface area (Å²) in [6.45, 7) is 6.24. The largest absolute Gasteiger partial charge is 0.496 e. The number of hydrogen-bond donors (Lipinski definition) is 3. The number of fused-ring (bicyclic) bond motifs is 3. The van der Waals surface area contributed by atoms with Crippen molar-refractivity contribution >= 4 is 33.4 Å². The fourth-order valence-electron chi connectivity index (χ4n) is 4.85. The van der Waals surface area contributed by atoms with Crippen LogP contribution in [0, 0.1) is 23.6 Å². The molecular weight excluding hydrogens is 451 g/mol. The minimum atomic E-state index is -0.715. The molecule has 0 bridgehead atoms. The lowest BCUT2D eigenvalue weighted by molar-refractivity contribution is 0.277. The first kappa shape index (κ1) is 24.3. The lowest BCUT2D eigenvalue weighted by Crippen LogP contribution is -2.21. The van der Waals surface area contributed by atoms with Gasteiger partial charge in [0.1, 0.15) is 22.8 Å². The van der Waals surface area contributed by atoms with E-state index in [1.54, 1.807) is 52.0 Å². The maximum absolute atomic E-state index is 14.8. The van der Waals surface area contributed by atoms with Gasteiger partial charge < -0.3 is 25.1 Å². The van der Waals surface area contributed by atoms with Gasteiger partial charge >= 0.3 is 5.76 Å². The zero-order valence-corrected chi connectivity index (χ0v) is 20.2. The first-order chi connectivity index (χ1) is 16.6. The number of nitrogens with zero attached hydrogens (tertiary/aromatic N) is 2. The van der Waals surface area contributed by atoms with Gasteiger partial charge in [-0.05, 0) is 51.5 Å². The second kappa shape index (κ2) is 9.07. The number of oxazole rings is 1. The minimum Gasteiger partial charge on any atom is -0.496 e. The average molecular weight is 479 g/mol. The third-order valence-corrected chi connectivity index (χ3v) is 6.37. The van der Waals surface area contributed by atoms with Crippen LogP contribution in [0.2, 0.25) is 0 Å². The minimum absolute atomic E-state index is 0.115. The maximum atomic E-state index is 14.8. The van der Waals surface area contributed by atoms with E-state index in [1.165, 1.54) is 17.7 Å². The van der Waals surface area contributed by atoms with Gasteiger partial charge in [-0.25, -0.2) is 14.2 Å². The van der Waals surface area contributed by atoms with Crippen LogP contribution in [0.15, 0.2) is 39.5 Å². The summed E-state index contributed by atoms with van der Waals surface area (Å²) in [4.78, 5) is 17.6. The molecule has 0 spiro atoms. The third-order valence-electron chi connectivity index (χ3n) is 6.37. The number of aliphatic hydroxyl groups excluding tert-OH is 1. The van der Waals surface area contributed by atoms with Crippen LogP contribution in [0.25, 0.3) is 22.0 Å². The Morgan fingerprint density at radius 3 is 2.51 bits per heavy atom. The molecule has 0 saturated heterocycles. The van der Waals surface area contributed by atoms with E-state index in [0.29, 0.717) is 38.9 Å². The molecule has 0 fully saturated rings. The number of aromatic nitrogens is 2. The molecule has 4 rings (SSSR count). The van der Waals surface area contributed by atoms with Gasteiger partial charge in [-0.15, -0.1) is 0 Å². The molecule has 8 nitrogen and oxygen atoms in total. The predicted molar refractivity (Wildman–Crippen MR) is 133 cm³/mol. The molecular formula is C26H27FN4O4. The molecule has 182 valence electrons. The number of benzene rings is 2. The quantitative estimate of drug-likeness (QED) is 0.327. The van der Waals surface area contributed by atoms with Gasteiger partial charge in [-0.2, -0.15) is 0 Å². The van der Waals surface area contributed by atoms with Gasteiger partial charge in [0.05, 0.1) is 31.2 Å². The summed E-state index contributed by atoms with van der Waals surface area (Å²) in [5.41, 5.74) is 3.21. The molecule has 0 aliphatic heterocycles. The molecule has 2 aromatic carbocycles. The lowest BCUT2D eigenvalue weighted by Gasteiger charge is -2.20. The smallest absolute Gasteiger partial charge is 0.420 e. The highest BCUT2D eigenvalue weighted by Gasteiger charge is 2.27. The number of methoxy groups -OCH3 is 1.